The number of rotatable bonds is 3. The van der Waals surface area contributed by atoms with Crippen LogP contribution >= 0.6 is 0 Å². The standard InChI is InChI=1S/C16H24O2Si/c1-16(2,3)19(4,5)18-15-10-9-13-12(11-17)7-6-8-14(13)15/h6-8,11,15H,9-10H2,1-5H3. The molecular weight excluding hydrogens is 252 g/mol. The summed E-state index contributed by atoms with van der Waals surface area (Å²) in [6.07, 6.45) is 3.11. The van der Waals surface area contributed by atoms with Gasteiger partial charge in [0.05, 0.1) is 6.10 Å². The minimum atomic E-state index is -1.75. The van der Waals surface area contributed by atoms with Gasteiger partial charge in [0.2, 0.25) is 0 Å². The van der Waals surface area contributed by atoms with Crippen LogP contribution < -0.4 is 0 Å². The van der Waals surface area contributed by atoms with Crippen molar-refractivity contribution < 1.29 is 9.22 Å². The molecule has 0 spiro atoms. The predicted molar refractivity (Wildman–Crippen MR) is 81.2 cm³/mol. The lowest BCUT2D eigenvalue weighted by Gasteiger charge is -2.38. The van der Waals surface area contributed by atoms with E-state index in [1.54, 1.807) is 0 Å². The summed E-state index contributed by atoms with van der Waals surface area (Å²) < 4.78 is 6.51. The lowest BCUT2D eigenvalue weighted by Crippen LogP contribution is -2.41. The molecule has 3 heteroatoms. The quantitative estimate of drug-likeness (QED) is 0.600. The van der Waals surface area contributed by atoms with E-state index >= 15 is 0 Å². The fourth-order valence-corrected chi connectivity index (χ4v) is 3.72. The highest BCUT2D eigenvalue weighted by Gasteiger charge is 2.40. The minimum Gasteiger partial charge on any atom is -0.410 e. The first-order chi connectivity index (χ1) is 8.76. The van der Waals surface area contributed by atoms with Crippen molar-refractivity contribution in [2.45, 2.75) is 57.8 Å². The molecule has 0 aromatic heterocycles. The van der Waals surface area contributed by atoms with Crippen molar-refractivity contribution in [2.75, 3.05) is 0 Å². The molecule has 1 aliphatic rings. The SMILES string of the molecule is CC(C)(C)[Si](C)(C)OC1CCc2c(C=O)cccc21. The summed E-state index contributed by atoms with van der Waals surface area (Å²) in [5, 5.41) is 0.220. The Morgan fingerprint density at radius 1 is 1.32 bits per heavy atom. The molecule has 0 fully saturated rings. The fraction of sp³-hybridized carbons (Fsp3) is 0.562. The lowest BCUT2D eigenvalue weighted by molar-refractivity contribution is 0.112. The molecule has 0 aliphatic heterocycles. The topological polar surface area (TPSA) is 26.3 Å². The highest BCUT2D eigenvalue weighted by molar-refractivity contribution is 6.74. The number of fused-ring (bicyclic) bond motifs is 1. The molecule has 0 N–H and O–H groups in total. The monoisotopic (exact) mass is 276 g/mol. The van der Waals surface area contributed by atoms with Crippen LogP contribution in [0.15, 0.2) is 18.2 Å². The molecule has 2 nitrogen and oxygen atoms in total. The van der Waals surface area contributed by atoms with Crippen LogP contribution in [-0.4, -0.2) is 14.6 Å². The number of hydrogen-bond donors (Lipinski definition) is 0. The van der Waals surface area contributed by atoms with Crippen molar-refractivity contribution in [3.8, 4) is 0 Å². The number of carbonyl (C=O) groups excluding carboxylic acids is 1. The third-order valence-corrected chi connectivity index (χ3v) is 9.11. The van der Waals surface area contributed by atoms with E-state index < -0.39 is 8.32 Å². The van der Waals surface area contributed by atoms with E-state index in [0.717, 1.165) is 24.7 Å². The molecule has 0 saturated heterocycles. The maximum atomic E-state index is 11.1. The molecule has 0 saturated carbocycles. The predicted octanol–water partition coefficient (Wildman–Crippen LogP) is 4.51. The van der Waals surface area contributed by atoms with Gasteiger partial charge in [-0.25, -0.2) is 0 Å². The Morgan fingerprint density at radius 3 is 2.58 bits per heavy atom. The van der Waals surface area contributed by atoms with Gasteiger partial charge in [0.1, 0.15) is 6.29 Å². The maximum absolute atomic E-state index is 11.1. The van der Waals surface area contributed by atoms with E-state index in [1.165, 1.54) is 11.1 Å². The molecule has 19 heavy (non-hydrogen) atoms. The maximum Gasteiger partial charge on any atom is 0.192 e. The van der Waals surface area contributed by atoms with Crippen LogP contribution in [-0.2, 0) is 10.8 Å². The molecule has 0 radical (unpaired) electrons. The smallest absolute Gasteiger partial charge is 0.192 e. The molecule has 1 atom stereocenters. The number of aldehydes is 1. The van der Waals surface area contributed by atoms with Gasteiger partial charge in [-0.05, 0) is 42.1 Å². The van der Waals surface area contributed by atoms with Crippen LogP contribution in [0, 0.1) is 0 Å². The van der Waals surface area contributed by atoms with Gasteiger partial charge in [-0.15, -0.1) is 0 Å². The van der Waals surface area contributed by atoms with Gasteiger partial charge in [0, 0.05) is 5.56 Å². The molecule has 1 aliphatic carbocycles. The Labute approximate surface area is 117 Å². The molecule has 1 unspecified atom stereocenters. The summed E-state index contributed by atoms with van der Waals surface area (Å²) >= 11 is 0. The van der Waals surface area contributed by atoms with Crippen molar-refractivity contribution in [1.82, 2.24) is 0 Å². The van der Waals surface area contributed by atoms with Gasteiger partial charge in [-0.2, -0.15) is 0 Å². The zero-order chi connectivity index (χ0) is 14.3. The van der Waals surface area contributed by atoms with Gasteiger partial charge in [0.15, 0.2) is 8.32 Å². The van der Waals surface area contributed by atoms with E-state index in [4.69, 9.17) is 4.43 Å². The molecule has 104 valence electrons. The molecular formula is C16H24O2Si. The van der Waals surface area contributed by atoms with Gasteiger partial charge in [0.25, 0.3) is 0 Å². The van der Waals surface area contributed by atoms with Crippen LogP contribution in [0.5, 0.6) is 0 Å². The Morgan fingerprint density at radius 2 is 2.00 bits per heavy atom. The molecule has 0 bridgehead atoms. The van der Waals surface area contributed by atoms with Gasteiger partial charge in [-0.3, -0.25) is 4.79 Å². The summed E-state index contributed by atoms with van der Waals surface area (Å²) in [5.74, 6) is 0. The largest absolute Gasteiger partial charge is 0.410 e. The second kappa shape index (κ2) is 4.87. The van der Waals surface area contributed by atoms with Crippen LogP contribution in [0.25, 0.3) is 0 Å². The van der Waals surface area contributed by atoms with Gasteiger partial charge < -0.3 is 4.43 Å². The molecule has 0 heterocycles. The van der Waals surface area contributed by atoms with E-state index in [1.807, 2.05) is 12.1 Å². The van der Waals surface area contributed by atoms with Crippen molar-refractivity contribution in [1.29, 1.82) is 0 Å². The van der Waals surface area contributed by atoms with E-state index in [2.05, 4.69) is 39.9 Å². The van der Waals surface area contributed by atoms with E-state index in [9.17, 15) is 4.79 Å². The highest BCUT2D eigenvalue weighted by Crippen LogP contribution is 2.43. The van der Waals surface area contributed by atoms with E-state index in [-0.39, 0.29) is 11.1 Å². The van der Waals surface area contributed by atoms with Crippen molar-refractivity contribution in [3.05, 3.63) is 34.9 Å². The van der Waals surface area contributed by atoms with Gasteiger partial charge in [-0.1, -0.05) is 39.0 Å². The summed E-state index contributed by atoms with van der Waals surface area (Å²) in [4.78, 5) is 11.1. The first kappa shape index (κ1) is 14.5. The molecule has 2 rings (SSSR count). The summed E-state index contributed by atoms with van der Waals surface area (Å²) in [7, 11) is -1.75. The zero-order valence-corrected chi connectivity index (χ0v) is 13.6. The summed E-state index contributed by atoms with van der Waals surface area (Å²) in [6.45, 7) is 11.4. The Balaban J connectivity index is 2.27. The summed E-state index contributed by atoms with van der Waals surface area (Å²) in [6, 6.07) is 5.99. The Bertz CT molecular complexity index is 486. The number of carbonyl (C=O) groups is 1. The fourth-order valence-electron chi connectivity index (χ4n) is 2.41. The average Bonchev–Trinajstić information content (AvgIpc) is 2.70. The molecule has 1 aromatic rings. The first-order valence-electron chi connectivity index (χ1n) is 7.01. The third-order valence-electron chi connectivity index (χ3n) is 4.62. The number of benzene rings is 1. The van der Waals surface area contributed by atoms with Crippen LogP contribution in [0.4, 0.5) is 0 Å². The Hall–Kier alpha value is -0.933. The molecule has 1 aromatic carbocycles. The van der Waals surface area contributed by atoms with Crippen LogP contribution in [0.2, 0.25) is 18.1 Å². The second-order valence-corrected chi connectivity index (χ2v) is 11.7. The van der Waals surface area contributed by atoms with Crippen molar-refractivity contribution >= 4 is 14.6 Å². The van der Waals surface area contributed by atoms with Gasteiger partial charge >= 0.3 is 0 Å². The average molecular weight is 276 g/mol. The lowest BCUT2D eigenvalue weighted by atomic mass is 10.0. The Kier molecular flexibility index (Phi) is 3.71. The molecule has 0 amide bonds. The van der Waals surface area contributed by atoms with Crippen molar-refractivity contribution in [3.63, 3.8) is 0 Å². The van der Waals surface area contributed by atoms with Crippen molar-refractivity contribution in [2.24, 2.45) is 0 Å². The first-order valence-corrected chi connectivity index (χ1v) is 9.92. The third kappa shape index (κ3) is 2.67. The number of hydrogen-bond acceptors (Lipinski definition) is 2. The van der Waals surface area contributed by atoms with Crippen LogP contribution in [0.1, 0.15) is 54.8 Å². The van der Waals surface area contributed by atoms with E-state index in [0.29, 0.717) is 0 Å². The summed E-state index contributed by atoms with van der Waals surface area (Å²) in [5.41, 5.74) is 3.26. The normalized spacial score (nSPS) is 19.3. The minimum absolute atomic E-state index is 0.177. The van der Waals surface area contributed by atoms with Crippen LogP contribution in [0.3, 0.4) is 0 Å². The highest BCUT2D eigenvalue weighted by atomic mass is 28.4. The zero-order valence-electron chi connectivity index (χ0n) is 12.6. The second-order valence-electron chi connectivity index (χ2n) is 6.94.